The van der Waals surface area contributed by atoms with E-state index in [1.54, 1.807) is 24.3 Å². The molecule has 132 valence electrons. The van der Waals surface area contributed by atoms with E-state index in [9.17, 15) is 9.59 Å². The van der Waals surface area contributed by atoms with Crippen molar-refractivity contribution in [3.8, 4) is 0 Å². The number of hydrogen-bond donors (Lipinski definition) is 2. The largest absolute Gasteiger partial charge is 0.352 e. The molecule has 5 nitrogen and oxygen atoms in total. The van der Waals surface area contributed by atoms with Gasteiger partial charge in [0.15, 0.2) is 4.77 Å². The standard InChI is InChI=1S/C19H23N3O2S/c1-2-10-22-18(24)15-9-8-14(11-16(15)21-19(22)25)17(23)20-12-13-6-4-3-5-7-13/h2,8-9,11,13H,1,3-7,10,12H2,(H,20,23)(H,21,25). The van der Waals surface area contributed by atoms with E-state index in [0.717, 1.165) is 0 Å². The highest BCUT2D eigenvalue weighted by Gasteiger charge is 2.15. The van der Waals surface area contributed by atoms with Crippen molar-refractivity contribution in [3.63, 3.8) is 0 Å². The van der Waals surface area contributed by atoms with E-state index < -0.39 is 0 Å². The Morgan fingerprint density at radius 2 is 2.12 bits per heavy atom. The number of aromatic nitrogens is 2. The molecule has 1 heterocycles. The van der Waals surface area contributed by atoms with Gasteiger partial charge in [0.05, 0.1) is 10.9 Å². The Hall–Kier alpha value is -2.21. The van der Waals surface area contributed by atoms with Crippen LogP contribution in [0.5, 0.6) is 0 Å². The molecule has 2 aromatic rings. The van der Waals surface area contributed by atoms with Crippen LogP contribution in [0.25, 0.3) is 10.9 Å². The zero-order valence-electron chi connectivity index (χ0n) is 14.2. The van der Waals surface area contributed by atoms with Crippen molar-refractivity contribution >= 4 is 29.0 Å². The Kier molecular flexibility index (Phi) is 5.48. The molecule has 0 saturated heterocycles. The molecule has 0 aliphatic heterocycles. The van der Waals surface area contributed by atoms with Gasteiger partial charge < -0.3 is 10.3 Å². The van der Waals surface area contributed by atoms with Crippen molar-refractivity contribution in [3.05, 3.63) is 51.5 Å². The number of fused-ring (bicyclic) bond motifs is 1. The highest BCUT2D eigenvalue weighted by molar-refractivity contribution is 7.71. The molecule has 0 bridgehead atoms. The third-order valence-corrected chi connectivity index (χ3v) is 5.15. The van der Waals surface area contributed by atoms with Crippen molar-refractivity contribution in [1.82, 2.24) is 14.9 Å². The average molecular weight is 357 g/mol. The molecule has 0 spiro atoms. The monoisotopic (exact) mass is 357 g/mol. The summed E-state index contributed by atoms with van der Waals surface area (Å²) < 4.78 is 1.78. The van der Waals surface area contributed by atoms with Crippen LogP contribution < -0.4 is 10.9 Å². The second-order valence-electron chi connectivity index (χ2n) is 6.61. The van der Waals surface area contributed by atoms with Crippen LogP contribution in [0.3, 0.4) is 0 Å². The number of nitrogens with one attached hydrogen (secondary N) is 2. The molecule has 1 aliphatic carbocycles. The predicted octanol–water partition coefficient (Wildman–Crippen LogP) is 3.56. The maximum atomic E-state index is 12.5. The van der Waals surface area contributed by atoms with Crippen LogP contribution in [0.4, 0.5) is 0 Å². The lowest BCUT2D eigenvalue weighted by Gasteiger charge is -2.21. The molecule has 25 heavy (non-hydrogen) atoms. The summed E-state index contributed by atoms with van der Waals surface area (Å²) in [5.74, 6) is 0.470. The highest BCUT2D eigenvalue weighted by Crippen LogP contribution is 2.22. The van der Waals surface area contributed by atoms with Crippen LogP contribution in [0.15, 0.2) is 35.6 Å². The summed E-state index contributed by atoms with van der Waals surface area (Å²) in [7, 11) is 0. The highest BCUT2D eigenvalue weighted by atomic mass is 32.1. The minimum Gasteiger partial charge on any atom is -0.352 e. The lowest BCUT2D eigenvalue weighted by molar-refractivity contribution is 0.0943. The lowest BCUT2D eigenvalue weighted by atomic mass is 9.89. The molecule has 3 rings (SSSR count). The Bertz CT molecular complexity index is 907. The van der Waals surface area contributed by atoms with Gasteiger partial charge in [0.2, 0.25) is 0 Å². The minimum atomic E-state index is -0.173. The fourth-order valence-electron chi connectivity index (χ4n) is 3.42. The van der Waals surface area contributed by atoms with E-state index in [2.05, 4.69) is 16.9 Å². The maximum absolute atomic E-state index is 12.5. The first kappa shape index (κ1) is 17.6. The number of H-pyrrole nitrogens is 1. The van der Waals surface area contributed by atoms with Crippen molar-refractivity contribution in [2.24, 2.45) is 5.92 Å². The van der Waals surface area contributed by atoms with Crippen LogP contribution in [-0.4, -0.2) is 22.0 Å². The fourth-order valence-corrected chi connectivity index (χ4v) is 3.69. The molecule has 0 unspecified atom stereocenters. The van der Waals surface area contributed by atoms with E-state index in [-0.39, 0.29) is 11.5 Å². The van der Waals surface area contributed by atoms with E-state index in [1.807, 2.05) is 0 Å². The smallest absolute Gasteiger partial charge is 0.262 e. The molecule has 2 N–H and O–H groups in total. The molecule has 0 radical (unpaired) electrons. The van der Waals surface area contributed by atoms with Gasteiger partial charge in [-0.25, -0.2) is 0 Å². The summed E-state index contributed by atoms with van der Waals surface area (Å²) in [6.07, 6.45) is 7.82. The number of rotatable bonds is 5. The van der Waals surface area contributed by atoms with Crippen molar-refractivity contribution in [1.29, 1.82) is 0 Å². The van der Waals surface area contributed by atoms with Crippen LogP contribution >= 0.6 is 12.2 Å². The molecule has 1 aliphatic rings. The average Bonchev–Trinajstić information content (AvgIpc) is 2.63. The third kappa shape index (κ3) is 3.90. The Balaban J connectivity index is 1.81. The molecular formula is C19H23N3O2S. The van der Waals surface area contributed by atoms with Gasteiger partial charge in [0.25, 0.3) is 11.5 Å². The molecule has 1 fully saturated rings. The topological polar surface area (TPSA) is 66.9 Å². The molecular weight excluding hydrogens is 334 g/mol. The number of hydrogen-bond acceptors (Lipinski definition) is 3. The summed E-state index contributed by atoms with van der Waals surface area (Å²) in [4.78, 5) is 27.9. The first-order chi connectivity index (χ1) is 12.1. The Morgan fingerprint density at radius 3 is 2.84 bits per heavy atom. The number of carbonyl (C=O) groups is 1. The molecule has 0 atom stereocenters. The van der Waals surface area contributed by atoms with E-state index in [0.29, 0.717) is 40.2 Å². The van der Waals surface area contributed by atoms with Gasteiger partial charge in [-0.05, 0) is 49.2 Å². The molecule has 1 aromatic heterocycles. The van der Waals surface area contributed by atoms with Crippen LogP contribution in [0.2, 0.25) is 0 Å². The van der Waals surface area contributed by atoms with Crippen molar-refractivity contribution in [2.75, 3.05) is 6.54 Å². The van der Waals surface area contributed by atoms with Gasteiger partial charge in [-0.1, -0.05) is 25.3 Å². The number of carbonyl (C=O) groups excluding carboxylic acids is 1. The third-order valence-electron chi connectivity index (χ3n) is 4.83. The first-order valence-corrected chi connectivity index (χ1v) is 9.17. The molecule has 1 saturated carbocycles. The molecule has 1 aromatic carbocycles. The van der Waals surface area contributed by atoms with Gasteiger partial charge in [0.1, 0.15) is 0 Å². The number of allylic oxidation sites excluding steroid dienone is 1. The van der Waals surface area contributed by atoms with Crippen LogP contribution in [0.1, 0.15) is 42.5 Å². The second kappa shape index (κ2) is 7.78. The summed E-state index contributed by atoms with van der Waals surface area (Å²) in [5.41, 5.74) is 0.947. The number of amides is 1. The first-order valence-electron chi connectivity index (χ1n) is 8.76. The Labute approximate surface area is 151 Å². The minimum absolute atomic E-state index is 0.109. The molecule has 1 amide bonds. The molecule has 6 heteroatoms. The van der Waals surface area contributed by atoms with Gasteiger partial charge in [-0.15, -0.1) is 6.58 Å². The van der Waals surface area contributed by atoms with Gasteiger partial charge >= 0.3 is 0 Å². The number of aromatic amines is 1. The maximum Gasteiger partial charge on any atom is 0.262 e. The normalized spacial score (nSPS) is 15.2. The SMILES string of the molecule is C=CCn1c(=S)[nH]c2cc(C(=O)NCC3CCCCC3)ccc2c1=O. The van der Waals surface area contributed by atoms with Gasteiger partial charge in [-0.2, -0.15) is 0 Å². The number of benzene rings is 1. The van der Waals surface area contributed by atoms with E-state index in [1.165, 1.54) is 36.7 Å². The van der Waals surface area contributed by atoms with Crippen molar-refractivity contribution < 1.29 is 4.79 Å². The summed E-state index contributed by atoms with van der Waals surface area (Å²) in [6, 6.07) is 5.06. The van der Waals surface area contributed by atoms with E-state index in [4.69, 9.17) is 12.2 Å². The number of nitrogens with zero attached hydrogens (tertiary/aromatic N) is 1. The van der Waals surface area contributed by atoms with Crippen molar-refractivity contribution in [2.45, 2.75) is 38.6 Å². The van der Waals surface area contributed by atoms with E-state index >= 15 is 0 Å². The summed E-state index contributed by atoms with van der Waals surface area (Å²) in [5, 5.41) is 3.53. The quantitative estimate of drug-likeness (QED) is 0.635. The summed E-state index contributed by atoms with van der Waals surface area (Å²) >= 11 is 5.24. The predicted molar refractivity (Wildman–Crippen MR) is 102 cm³/mol. The fraction of sp³-hybridized carbons (Fsp3) is 0.421. The zero-order chi connectivity index (χ0) is 17.8. The van der Waals surface area contributed by atoms with Gasteiger partial charge in [0, 0.05) is 18.7 Å². The van der Waals surface area contributed by atoms with Crippen LogP contribution in [0, 0.1) is 10.7 Å². The Morgan fingerprint density at radius 1 is 1.36 bits per heavy atom. The van der Waals surface area contributed by atoms with Gasteiger partial charge in [-0.3, -0.25) is 14.2 Å². The summed E-state index contributed by atoms with van der Waals surface area (Å²) in [6.45, 7) is 4.71. The lowest BCUT2D eigenvalue weighted by Crippen LogP contribution is -2.30. The zero-order valence-corrected chi connectivity index (χ0v) is 15.0. The second-order valence-corrected chi connectivity index (χ2v) is 7.00. The van der Waals surface area contributed by atoms with Crippen LogP contribution in [-0.2, 0) is 6.54 Å².